The van der Waals surface area contributed by atoms with Crippen LogP contribution in [0.4, 0.5) is 5.69 Å². The minimum absolute atomic E-state index is 0.0248. The van der Waals surface area contributed by atoms with Gasteiger partial charge >= 0.3 is 0 Å². The molecule has 4 aliphatic rings. The first-order valence-corrected chi connectivity index (χ1v) is 14.6. The number of aliphatic hydroxyl groups is 1. The lowest BCUT2D eigenvalue weighted by molar-refractivity contribution is -0.141. The number of nitrogens with one attached hydrogen (secondary N) is 2. The average molecular weight is 530 g/mol. The van der Waals surface area contributed by atoms with E-state index in [9.17, 15) is 19.5 Å². The number of hydrogen-bond acceptors (Lipinski definition) is 6. The molecule has 7 atom stereocenters. The lowest BCUT2D eigenvalue weighted by Crippen LogP contribution is -2.59. The number of thioether (sulfide) groups is 1. The number of ether oxygens (including phenoxy) is 1. The summed E-state index contributed by atoms with van der Waals surface area (Å²) in [6.45, 7) is 6.15. The van der Waals surface area contributed by atoms with E-state index in [0.29, 0.717) is 12.3 Å². The molecule has 0 aromatic heterocycles. The number of carbonyl (C=O) groups is 3. The number of likely N-dealkylation sites (tertiary alicyclic amines) is 1. The van der Waals surface area contributed by atoms with Crippen LogP contribution in [0.2, 0.25) is 0 Å². The van der Waals surface area contributed by atoms with Crippen molar-refractivity contribution in [2.75, 3.05) is 18.5 Å². The Morgan fingerprint density at radius 2 is 1.89 bits per heavy atom. The van der Waals surface area contributed by atoms with Gasteiger partial charge in [-0.05, 0) is 63.3 Å². The largest absolute Gasteiger partial charge is 0.494 e. The van der Waals surface area contributed by atoms with Crippen LogP contribution in [0.1, 0.15) is 59.3 Å². The van der Waals surface area contributed by atoms with Crippen molar-refractivity contribution in [1.29, 1.82) is 0 Å². The molecular formula is C28H39N3O5S. The Kier molecular flexibility index (Phi) is 7.47. The Labute approximate surface area is 223 Å². The SMILES string of the molecule is CCOc1ccc(NC(=O)[C@@H]2[C@@H]3CC(C)C4(S3)C(C(=O)NC3CCCCC3)N([C@H](C)CO)C(=O)[C@H]24)cc1. The van der Waals surface area contributed by atoms with E-state index in [0.717, 1.165) is 37.9 Å². The maximum absolute atomic E-state index is 14.0. The molecule has 3 N–H and O–H groups in total. The van der Waals surface area contributed by atoms with Crippen LogP contribution in [0, 0.1) is 17.8 Å². The van der Waals surface area contributed by atoms with E-state index in [1.807, 2.05) is 19.1 Å². The van der Waals surface area contributed by atoms with Gasteiger partial charge in [0.1, 0.15) is 11.8 Å². The molecule has 37 heavy (non-hydrogen) atoms. The molecule has 3 saturated heterocycles. The molecule has 202 valence electrons. The molecular weight excluding hydrogens is 490 g/mol. The number of amides is 3. The Bertz CT molecular complexity index is 1030. The second-order valence-electron chi connectivity index (χ2n) is 11.1. The highest BCUT2D eigenvalue weighted by Crippen LogP contribution is 2.68. The standard InChI is InChI=1S/C28H39N3O5S/c1-4-36-20-12-10-19(11-13-20)29-25(33)22-21-14-16(2)28(37-21)23(22)27(35)31(17(3)15-32)24(28)26(34)30-18-8-6-5-7-9-18/h10-13,16-18,21-24,32H,4-9,14-15H2,1-3H3,(H,29,33)(H,30,34)/t16?,17-,21+,22-,23+,24?,28?/m1/s1. The zero-order valence-electron chi connectivity index (χ0n) is 21.9. The fourth-order valence-electron chi connectivity index (χ4n) is 7.17. The van der Waals surface area contributed by atoms with Gasteiger partial charge in [0.05, 0.1) is 35.8 Å². The molecule has 1 spiro atoms. The van der Waals surface area contributed by atoms with Gasteiger partial charge < -0.3 is 25.4 Å². The molecule has 3 unspecified atom stereocenters. The number of anilines is 1. The summed E-state index contributed by atoms with van der Waals surface area (Å²) in [5.74, 6) is -0.779. The molecule has 3 heterocycles. The smallest absolute Gasteiger partial charge is 0.244 e. The van der Waals surface area contributed by atoms with E-state index in [1.54, 1.807) is 35.7 Å². The van der Waals surface area contributed by atoms with Crippen molar-refractivity contribution < 1.29 is 24.2 Å². The fraction of sp³-hybridized carbons (Fsp3) is 0.679. The van der Waals surface area contributed by atoms with E-state index in [2.05, 4.69) is 17.6 Å². The first kappa shape index (κ1) is 26.4. The Morgan fingerprint density at radius 1 is 1.19 bits per heavy atom. The van der Waals surface area contributed by atoms with Gasteiger partial charge in [-0.3, -0.25) is 14.4 Å². The van der Waals surface area contributed by atoms with Gasteiger partial charge in [-0.15, -0.1) is 11.8 Å². The van der Waals surface area contributed by atoms with Crippen LogP contribution in [0.3, 0.4) is 0 Å². The van der Waals surface area contributed by atoms with Crippen LogP contribution in [0.15, 0.2) is 24.3 Å². The molecule has 3 amide bonds. The molecule has 1 aromatic rings. The number of hydrogen-bond donors (Lipinski definition) is 3. The van der Waals surface area contributed by atoms with E-state index < -0.39 is 28.7 Å². The van der Waals surface area contributed by atoms with Gasteiger partial charge in [-0.1, -0.05) is 26.2 Å². The second kappa shape index (κ2) is 10.5. The number of carbonyl (C=O) groups excluding carboxylic acids is 3. The maximum Gasteiger partial charge on any atom is 0.244 e. The first-order chi connectivity index (χ1) is 17.8. The van der Waals surface area contributed by atoms with E-state index >= 15 is 0 Å². The third kappa shape index (κ3) is 4.42. The van der Waals surface area contributed by atoms with Crippen molar-refractivity contribution in [2.24, 2.45) is 17.8 Å². The topological polar surface area (TPSA) is 108 Å². The predicted molar refractivity (Wildman–Crippen MR) is 143 cm³/mol. The number of fused-ring (bicyclic) bond motifs is 1. The normalized spacial score (nSPS) is 33.8. The van der Waals surface area contributed by atoms with Crippen LogP contribution in [-0.2, 0) is 14.4 Å². The molecule has 3 aliphatic heterocycles. The molecule has 0 radical (unpaired) electrons. The van der Waals surface area contributed by atoms with E-state index in [1.165, 1.54) is 6.42 Å². The summed E-state index contributed by atoms with van der Waals surface area (Å²) in [6, 6.07) is 6.16. The monoisotopic (exact) mass is 529 g/mol. The van der Waals surface area contributed by atoms with Crippen molar-refractivity contribution in [3.63, 3.8) is 0 Å². The number of benzene rings is 1. The zero-order valence-corrected chi connectivity index (χ0v) is 22.8. The molecule has 9 heteroatoms. The van der Waals surface area contributed by atoms with Gasteiger partial charge in [0.25, 0.3) is 0 Å². The quantitative estimate of drug-likeness (QED) is 0.477. The molecule has 4 fully saturated rings. The maximum atomic E-state index is 14.0. The van der Waals surface area contributed by atoms with Crippen LogP contribution in [0.5, 0.6) is 5.75 Å². The lowest BCUT2D eigenvalue weighted by Gasteiger charge is -2.40. The summed E-state index contributed by atoms with van der Waals surface area (Å²) < 4.78 is 4.82. The fourth-order valence-corrected chi connectivity index (χ4v) is 9.58. The van der Waals surface area contributed by atoms with Crippen LogP contribution in [-0.4, -0.2) is 69.1 Å². The minimum atomic E-state index is -0.692. The summed E-state index contributed by atoms with van der Waals surface area (Å²) in [5, 5.41) is 16.3. The summed E-state index contributed by atoms with van der Waals surface area (Å²) in [5.41, 5.74) is 0.654. The molecule has 8 nitrogen and oxygen atoms in total. The first-order valence-electron chi connectivity index (χ1n) is 13.8. The van der Waals surface area contributed by atoms with Gasteiger partial charge in [0.2, 0.25) is 17.7 Å². The van der Waals surface area contributed by atoms with Gasteiger partial charge in [-0.25, -0.2) is 0 Å². The molecule has 1 aromatic carbocycles. The van der Waals surface area contributed by atoms with Gasteiger partial charge in [0, 0.05) is 17.0 Å². The molecule has 1 aliphatic carbocycles. The molecule has 2 bridgehead atoms. The average Bonchev–Trinajstić information content (AvgIpc) is 3.49. The summed E-state index contributed by atoms with van der Waals surface area (Å²) >= 11 is 1.66. The van der Waals surface area contributed by atoms with Crippen LogP contribution < -0.4 is 15.4 Å². The Hall–Kier alpha value is -2.26. The number of nitrogens with zero attached hydrogens (tertiary/aromatic N) is 1. The van der Waals surface area contributed by atoms with Gasteiger partial charge in [-0.2, -0.15) is 0 Å². The minimum Gasteiger partial charge on any atom is -0.494 e. The Balaban J connectivity index is 1.43. The predicted octanol–water partition coefficient (Wildman–Crippen LogP) is 3.19. The van der Waals surface area contributed by atoms with E-state index in [4.69, 9.17) is 4.74 Å². The third-order valence-corrected chi connectivity index (χ3v) is 10.9. The highest BCUT2D eigenvalue weighted by Gasteiger charge is 2.76. The Morgan fingerprint density at radius 3 is 2.54 bits per heavy atom. The zero-order chi connectivity index (χ0) is 26.3. The van der Waals surface area contributed by atoms with Crippen LogP contribution >= 0.6 is 11.8 Å². The van der Waals surface area contributed by atoms with Crippen molar-refractivity contribution >= 4 is 35.2 Å². The molecule has 5 rings (SSSR count). The highest BCUT2D eigenvalue weighted by molar-refractivity contribution is 8.02. The number of aliphatic hydroxyl groups excluding tert-OH is 1. The summed E-state index contributed by atoms with van der Waals surface area (Å²) in [6.07, 6.45) is 6.08. The summed E-state index contributed by atoms with van der Waals surface area (Å²) in [4.78, 5) is 43.2. The van der Waals surface area contributed by atoms with E-state index in [-0.39, 0.29) is 41.5 Å². The lowest BCUT2D eigenvalue weighted by atomic mass is 9.65. The second-order valence-corrected chi connectivity index (χ2v) is 12.7. The van der Waals surface area contributed by atoms with Crippen molar-refractivity contribution in [3.8, 4) is 5.75 Å². The van der Waals surface area contributed by atoms with Crippen molar-refractivity contribution in [2.45, 2.75) is 87.4 Å². The highest BCUT2D eigenvalue weighted by atomic mass is 32.2. The number of rotatable bonds is 8. The van der Waals surface area contributed by atoms with Gasteiger partial charge in [0.15, 0.2) is 0 Å². The van der Waals surface area contributed by atoms with Crippen molar-refractivity contribution in [3.05, 3.63) is 24.3 Å². The summed E-state index contributed by atoms with van der Waals surface area (Å²) in [7, 11) is 0. The van der Waals surface area contributed by atoms with Crippen molar-refractivity contribution in [1.82, 2.24) is 10.2 Å². The molecule has 1 saturated carbocycles. The van der Waals surface area contributed by atoms with Crippen LogP contribution in [0.25, 0.3) is 0 Å². The third-order valence-electron chi connectivity index (χ3n) is 8.86.